The third kappa shape index (κ3) is 4.17. The highest BCUT2D eigenvalue weighted by Crippen LogP contribution is 2.12. The number of carbonyl (C=O) groups is 1. The molecule has 0 saturated heterocycles. The maximum absolute atomic E-state index is 12.8. The van der Waals surface area contributed by atoms with Crippen LogP contribution in [0.3, 0.4) is 0 Å². The van der Waals surface area contributed by atoms with Crippen LogP contribution in [0.2, 0.25) is 0 Å². The first-order valence-electron chi connectivity index (χ1n) is 6.94. The fraction of sp³-hybridized carbons (Fsp3) is 0.125. The van der Waals surface area contributed by atoms with Crippen LogP contribution in [0.15, 0.2) is 54.0 Å². The molecule has 0 atom stereocenters. The van der Waals surface area contributed by atoms with Crippen LogP contribution in [-0.2, 0) is 6.54 Å². The van der Waals surface area contributed by atoms with E-state index in [-0.39, 0.29) is 18.3 Å². The maximum Gasteiger partial charge on any atom is 0.284 e. The van der Waals surface area contributed by atoms with Crippen LogP contribution in [0.5, 0.6) is 5.75 Å². The summed E-state index contributed by atoms with van der Waals surface area (Å²) in [6, 6.07) is 11.2. The number of rotatable bonds is 6. The number of nitrogens with zero attached hydrogens (tertiary/aromatic N) is 2. The van der Waals surface area contributed by atoms with E-state index in [1.807, 2.05) is 17.5 Å². The van der Waals surface area contributed by atoms with Crippen molar-refractivity contribution in [3.8, 4) is 5.75 Å². The summed E-state index contributed by atoms with van der Waals surface area (Å²) in [4.78, 5) is 13.2. The van der Waals surface area contributed by atoms with Crippen LogP contribution in [-0.4, -0.2) is 22.3 Å². The van der Waals surface area contributed by atoms with Gasteiger partial charge in [-0.15, -0.1) is 16.4 Å². The monoisotopic (exact) mass is 331 g/mol. The van der Waals surface area contributed by atoms with Crippen molar-refractivity contribution in [2.75, 3.05) is 11.9 Å². The lowest BCUT2D eigenvalue weighted by molar-refractivity contribution is 0.0821. The highest BCUT2D eigenvalue weighted by atomic mass is 32.1. The van der Waals surface area contributed by atoms with Crippen molar-refractivity contribution >= 4 is 23.1 Å². The molecule has 0 amide bonds. The minimum absolute atomic E-state index is 0.169. The minimum Gasteiger partial charge on any atom is -0.484 e. The van der Waals surface area contributed by atoms with Gasteiger partial charge in [-0.1, -0.05) is 6.07 Å². The smallest absolute Gasteiger partial charge is 0.284 e. The lowest BCUT2D eigenvalue weighted by atomic mass is 10.3. The zero-order valence-electron chi connectivity index (χ0n) is 12.1. The molecule has 0 aliphatic heterocycles. The molecule has 118 valence electrons. The highest BCUT2D eigenvalue weighted by molar-refractivity contribution is 7.09. The van der Waals surface area contributed by atoms with E-state index in [0.29, 0.717) is 18.1 Å². The number of carbonyl (C=O) groups excluding carboxylic acids is 1. The molecule has 1 aromatic carbocycles. The SMILES string of the molecule is O=C(COc1ccc(F)cc1)n1ccc(NCc2cccs2)n1. The van der Waals surface area contributed by atoms with Crippen LogP contribution in [0, 0.1) is 5.82 Å². The molecule has 0 spiro atoms. The lowest BCUT2D eigenvalue weighted by Gasteiger charge is -2.05. The van der Waals surface area contributed by atoms with E-state index in [0.717, 1.165) is 0 Å². The van der Waals surface area contributed by atoms with Gasteiger partial charge in [0.05, 0.1) is 6.54 Å². The van der Waals surface area contributed by atoms with Gasteiger partial charge in [-0.3, -0.25) is 4.79 Å². The van der Waals surface area contributed by atoms with E-state index in [9.17, 15) is 9.18 Å². The molecule has 3 rings (SSSR count). The molecular formula is C16H14FN3O2S. The number of hydrogen-bond acceptors (Lipinski definition) is 5. The zero-order valence-corrected chi connectivity index (χ0v) is 12.9. The van der Waals surface area contributed by atoms with Gasteiger partial charge in [0.15, 0.2) is 6.61 Å². The standard InChI is InChI=1S/C16H14FN3O2S/c17-12-3-5-13(6-4-12)22-11-16(21)20-8-7-15(19-20)18-10-14-2-1-9-23-14/h1-9H,10-11H2,(H,18,19). The van der Waals surface area contributed by atoms with E-state index in [4.69, 9.17) is 4.74 Å². The molecule has 2 aromatic heterocycles. The topological polar surface area (TPSA) is 56.1 Å². The van der Waals surface area contributed by atoms with Gasteiger partial charge in [-0.05, 0) is 35.7 Å². The molecule has 5 nitrogen and oxygen atoms in total. The Balaban J connectivity index is 1.52. The summed E-state index contributed by atoms with van der Waals surface area (Å²) in [5.74, 6) is 0.396. The predicted molar refractivity (Wildman–Crippen MR) is 86.4 cm³/mol. The average Bonchev–Trinajstić information content (AvgIpc) is 3.23. The zero-order chi connectivity index (χ0) is 16.1. The molecule has 0 aliphatic rings. The van der Waals surface area contributed by atoms with Gasteiger partial charge in [0.1, 0.15) is 17.4 Å². The third-order valence-corrected chi connectivity index (χ3v) is 3.92. The number of nitrogens with one attached hydrogen (secondary N) is 1. The van der Waals surface area contributed by atoms with Gasteiger partial charge in [-0.25, -0.2) is 9.07 Å². The van der Waals surface area contributed by atoms with E-state index >= 15 is 0 Å². The van der Waals surface area contributed by atoms with Gasteiger partial charge >= 0.3 is 0 Å². The number of thiophene rings is 1. The van der Waals surface area contributed by atoms with E-state index in [2.05, 4.69) is 10.4 Å². The molecule has 0 fully saturated rings. The Morgan fingerprint density at radius 2 is 2.09 bits per heavy atom. The van der Waals surface area contributed by atoms with Gasteiger partial charge < -0.3 is 10.1 Å². The van der Waals surface area contributed by atoms with E-state index in [1.165, 1.54) is 33.8 Å². The van der Waals surface area contributed by atoms with Crippen molar-refractivity contribution in [3.63, 3.8) is 0 Å². The Morgan fingerprint density at radius 3 is 2.83 bits per heavy atom. The normalized spacial score (nSPS) is 10.5. The number of halogens is 1. The molecular weight excluding hydrogens is 317 g/mol. The summed E-state index contributed by atoms with van der Waals surface area (Å²) in [5.41, 5.74) is 0. The van der Waals surface area contributed by atoms with Gasteiger partial charge in [0.2, 0.25) is 0 Å². The first kappa shape index (κ1) is 15.2. The van der Waals surface area contributed by atoms with Gasteiger partial charge in [0.25, 0.3) is 5.91 Å². The highest BCUT2D eigenvalue weighted by Gasteiger charge is 2.08. The molecule has 3 aromatic rings. The summed E-state index contributed by atoms with van der Waals surface area (Å²) < 4.78 is 19.3. The fourth-order valence-electron chi connectivity index (χ4n) is 1.89. The Hall–Kier alpha value is -2.67. The Labute approximate surface area is 136 Å². The van der Waals surface area contributed by atoms with Crippen LogP contribution in [0.1, 0.15) is 9.67 Å². The first-order chi connectivity index (χ1) is 11.2. The number of ether oxygens (including phenoxy) is 1. The summed E-state index contributed by atoms with van der Waals surface area (Å²) in [5, 5.41) is 9.31. The number of anilines is 1. The lowest BCUT2D eigenvalue weighted by Crippen LogP contribution is -2.20. The van der Waals surface area contributed by atoms with E-state index in [1.54, 1.807) is 23.6 Å². The second-order valence-electron chi connectivity index (χ2n) is 4.71. The molecule has 0 unspecified atom stereocenters. The van der Waals surface area contributed by atoms with Crippen LogP contribution in [0.4, 0.5) is 10.2 Å². The fourth-order valence-corrected chi connectivity index (χ4v) is 2.53. The summed E-state index contributed by atoms with van der Waals surface area (Å²) in [6.07, 6.45) is 1.58. The van der Waals surface area contributed by atoms with Crippen LogP contribution < -0.4 is 10.1 Å². The third-order valence-electron chi connectivity index (χ3n) is 3.04. The molecule has 0 bridgehead atoms. The number of aromatic nitrogens is 2. The number of benzene rings is 1. The predicted octanol–water partition coefficient (Wildman–Crippen LogP) is 3.42. The maximum atomic E-state index is 12.8. The minimum atomic E-state index is -0.350. The van der Waals surface area contributed by atoms with Crippen LogP contribution >= 0.6 is 11.3 Å². The van der Waals surface area contributed by atoms with Crippen LogP contribution in [0.25, 0.3) is 0 Å². The van der Waals surface area contributed by atoms with Gasteiger partial charge in [-0.2, -0.15) is 0 Å². The number of hydrogen-bond donors (Lipinski definition) is 1. The second kappa shape index (κ2) is 7.06. The second-order valence-corrected chi connectivity index (χ2v) is 5.75. The van der Waals surface area contributed by atoms with E-state index < -0.39 is 0 Å². The van der Waals surface area contributed by atoms with Gasteiger partial charge in [0, 0.05) is 17.1 Å². The quantitative estimate of drug-likeness (QED) is 0.752. The molecule has 0 aliphatic carbocycles. The molecule has 7 heteroatoms. The molecule has 2 heterocycles. The first-order valence-corrected chi connectivity index (χ1v) is 7.82. The molecule has 0 radical (unpaired) electrons. The van der Waals surface area contributed by atoms with Crippen molar-refractivity contribution in [2.45, 2.75) is 6.54 Å². The Bertz CT molecular complexity index is 769. The molecule has 23 heavy (non-hydrogen) atoms. The van der Waals surface area contributed by atoms with Crippen molar-refractivity contribution in [2.24, 2.45) is 0 Å². The van der Waals surface area contributed by atoms with Crippen molar-refractivity contribution in [1.82, 2.24) is 9.78 Å². The Morgan fingerprint density at radius 1 is 1.26 bits per heavy atom. The van der Waals surface area contributed by atoms with Crippen molar-refractivity contribution in [3.05, 3.63) is 64.7 Å². The largest absolute Gasteiger partial charge is 0.484 e. The Kier molecular flexibility index (Phi) is 4.68. The summed E-state index contributed by atoms with van der Waals surface area (Å²) in [6.45, 7) is 0.493. The molecule has 0 saturated carbocycles. The molecule has 1 N–H and O–H groups in total. The van der Waals surface area contributed by atoms with Crippen molar-refractivity contribution < 1.29 is 13.9 Å². The van der Waals surface area contributed by atoms with Crippen molar-refractivity contribution in [1.29, 1.82) is 0 Å². The summed E-state index contributed by atoms with van der Waals surface area (Å²) in [7, 11) is 0. The average molecular weight is 331 g/mol. The summed E-state index contributed by atoms with van der Waals surface area (Å²) >= 11 is 1.65.